The number of carbonyl (C=O) groups excluding carboxylic acids is 2. The Morgan fingerprint density at radius 3 is 2.73 bits per heavy atom. The van der Waals surface area contributed by atoms with Crippen molar-refractivity contribution < 1.29 is 19.1 Å². The van der Waals surface area contributed by atoms with E-state index in [0.29, 0.717) is 29.0 Å². The zero-order chi connectivity index (χ0) is 23.4. The lowest BCUT2D eigenvalue weighted by atomic mass is 10.0. The van der Waals surface area contributed by atoms with E-state index in [0.717, 1.165) is 17.7 Å². The second kappa shape index (κ2) is 9.68. The SMILES string of the molecule is CCc1ccc(N2CC(CC(=Cc3ccnc4ccc(OC)nc34)C(=O)NC)OC2=O)cc1. The number of methoxy groups -OCH3 is 1. The highest BCUT2D eigenvalue weighted by atomic mass is 16.6. The van der Waals surface area contributed by atoms with Crippen LogP contribution < -0.4 is 15.0 Å². The second-order valence-electron chi connectivity index (χ2n) is 7.71. The summed E-state index contributed by atoms with van der Waals surface area (Å²) in [7, 11) is 3.12. The van der Waals surface area contributed by atoms with Gasteiger partial charge >= 0.3 is 6.09 Å². The molecule has 0 radical (unpaired) electrons. The summed E-state index contributed by atoms with van der Waals surface area (Å²) in [6.07, 6.45) is 3.76. The van der Waals surface area contributed by atoms with Gasteiger partial charge < -0.3 is 14.8 Å². The smallest absolute Gasteiger partial charge is 0.414 e. The molecule has 2 aromatic heterocycles. The maximum atomic E-state index is 12.7. The van der Waals surface area contributed by atoms with Gasteiger partial charge in [0.15, 0.2) is 0 Å². The summed E-state index contributed by atoms with van der Waals surface area (Å²) in [5.74, 6) is 0.214. The second-order valence-corrected chi connectivity index (χ2v) is 7.71. The van der Waals surface area contributed by atoms with Crippen molar-refractivity contribution in [1.82, 2.24) is 15.3 Å². The fourth-order valence-corrected chi connectivity index (χ4v) is 3.82. The monoisotopic (exact) mass is 446 g/mol. The van der Waals surface area contributed by atoms with Crippen molar-refractivity contribution in [2.24, 2.45) is 0 Å². The number of fused-ring (bicyclic) bond motifs is 1. The van der Waals surface area contributed by atoms with Gasteiger partial charge in [-0.3, -0.25) is 14.7 Å². The maximum absolute atomic E-state index is 12.7. The number of nitrogens with one attached hydrogen (secondary N) is 1. The molecule has 1 unspecified atom stereocenters. The van der Waals surface area contributed by atoms with Crippen LogP contribution in [-0.4, -0.2) is 48.8 Å². The molecule has 1 aromatic carbocycles. The van der Waals surface area contributed by atoms with Gasteiger partial charge in [-0.15, -0.1) is 0 Å². The van der Waals surface area contributed by atoms with Crippen LogP contribution in [0.15, 0.2) is 54.2 Å². The average molecular weight is 447 g/mol. The number of cyclic esters (lactones) is 1. The van der Waals surface area contributed by atoms with Crippen LogP contribution >= 0.6 is 0 Å². The molecular weight excluding hydrogens is 420 g/mol. The maximum Gasteiger partial charge on any atom is 0.414 e. The van der Waals surface area contributed by atoms with E-state index >= 15 is 0 Å². The third kappa shape index (κ3) is 4.79. The van der Waals surface area contributed by atoms with Gasteiger partial charge in [0.1, 0.15) is 6.10 Å². The number of pyridine rings is 2. The summed E-state index contributed by atoms with van der Waals surface area (Å²) in [5.41, 5.74) is 4.50. The van der Waals surface area contributed by atoms with Crippen molar-refractivity contribution in [2.45, 2.75) is 25.9 Å². The summed E-state index contributed by atoms with van der Waals surface area (Å²) in [6.45, 7) is 2.45. The predicted octanol–water partition coefficient (Wildman–Crippen LogP) is 3.75. The number of carbonyl (C=O) groups is 2. The Morgan fingerprint density at radius 1 is 1.24 bits per heavy atom. The Morgan fingerprint density at radius 2 is 2.03 bits per heavy atom. The molecule has 3 aromatic rings. The topological polar surface area (TPSA) is 93.7 Å². The molecule has 1 aliphatic heterocycles. The van der Waals surface area contributed by atoms with E-state index in [1.165, 1.54) is 5.56 Å². The molecule has 4 rings (SSSR count). The number of aryl methyl sites for hydroxylation is 1. The molecule has 0 aliphatic carbocycles. The third-order valence-corrected chi connectivity index (χ3v) is 5.63. The van der Waals surface area contributed by atoms with Gasteiger partial charge in [0.05, 0.1) is 24.7 Å². The number of ether oxygens (including phenoxy) is 2. The van der Waals surface area contributed by atoms with Crippen LogP contribution in [0.4, 0.5) is 10.5 Å². The number of anilines is 1. The van der Waals surface area contributed by atoms with Crippen molar-refractivity contribution in [3.63, 3.8) is 0 Å². The standard InChI is InChI=1S/C25H26N4O4/c1-4-16-5-7-19(8-6-16)29-15-20(33-25(29)31)14-18(24(30)26-2)13-17-11-12-27-21-9-10-22(32-3)28-23(17)21/h5-13,20H,4,14-15H2,1-3H3,(H,26,30). The molecule has 0 spiro atoms. The fourth-order valence-electron chi connectivity index (χ4n) is 3.82. The van der Waals surface area contributed by atoms with Gasteiger partial charge in [0.2, 0.25) is 11.8 Å². The first-order chi connectivity index (χ1) is 16.0. The fraction of sp³-hybridized carbons (Fsp3) is 0.280. The zero-order valence-electron chi connectivity index (χ0n) is 18.9. The molecule has 8 nitrogen and oxygen atoms in total. The molecule has 1 saturated heterocycles. The molecule has 1 fully saturated rings. The zero-order valence-corrected chi connectivity index (χ0v) is 18.9. The first-order valence-corrected chi connectivity index (χ1v) is 10.8. The lowest BCUT2D eigenvalue weighted by molar-refractivity contribution is -0.117. The van der Waals surface area contributed by atoms with Crippen molar-refractivity contribution >= 4 is 34.8 Å². The van der Waals surface area contributed by atoms with E-state index in [-0.39, 0.29) is 12.3 Å². The molecule has 33 heavy (non-hydrogen) atoms. The Kier molecular flexibility index (Phi) is 6.53. The van der Waals surface area contributed by atoms with Gasteiger partial charge in [-0.25, -0.2) is 9.78 Å². The number of aromatic nitrogens is 2. The quantitative estimate of drug-likeness (QED) is 0.556. The summed E-state index contributed by atoms with van der Waals surface area (Å²) >= 11 is 0. The number of likely N-dealkylation sites (N-methyl/N-ethyl adjacent to an activating group) is 1. The van der Waals surface area contributed by atoms with Crippen molar-refractivity contribution in [3.05, 3.63) is 65.4 Å². The van der Waals surface area contributed by atoms with Crippen LogP contribution in [0.2, 0.25) is 0 Å². The van der Waals surface area contributed by atoms with Crippen molar-refractivity contribution in [3.8, 4) is 5.88 Å². The van der Waals surface area contributed by atoms with E-state index in [1.54, 1.807) is 43.5 Å². The lowest BCUT2D eigenvalue weighted by Crippen LogP contribution is -2.26. The highest BCUT2D eigenvalue weighted by molar-refractivity contribution is 6.00. The van der Waals surface area contributed by atoms with E-state index in [9.17, 15) is 9.59 Å². The van der Waals surface area contributed by atoms with E-state index in [2.05, 4.69) is 22.2 Å². The van der Waals surface area contributed by atoms with Crippen LogP contribution in [-0.2, 0) is 16.0 Å². The summed E-state index contributed by atoms with van der Waals surface area (Å²) in [5, 5.41) is 2.67. The highest BCUT2D eigenvalue weighted by Gasteiger charge is 2.33. The Balaban J connectivity index is 1.60. The Labute approximate surface area is 192 Å². The minimum absolute atomic E-state index is 0.246. The lowest BCUT2D eigenvalue weighted by Gasteiger charge is -2.14. The minimum Gasteiger partial charge on any atom is -0.481 e. The molecule has 1 N–H and O–H groups in total. The molecule has 3 heterocycles. The normalized spacial score (nSPS) is 16.1. The summed E-state index contributed by atoms with van der Waals surface area (Å²) < 4.78 is 10.8. The number of rotatable bonds is 7. The predicted molar refractivity (Wildman–Crippen MR) is 126 cm³/mol. The summed E-state index contributed by atoms with van der Waals surface area (Å²) in [4.78, 5) is 35.6. The van der Waals surface area contributed by atoms with Crippen molar-refractivity contribution in [1.29, 1.82) is 0 Å². The number of nitrogens with zero attached hydrogens (tertiary/aromatic N) is 3. The van der Waals surface area contributed by atoms with Crippen LogP contribution in [0.3, 0.4) is 0 Å². The molecule has 8 heteroatoms. The number of hydrogen-bond donors (Lipinski definition) is 1. The van der Waals surface area contributed by atoms with Gasteiger partial charge in [0.25, 0.3) is 0 Å². The third-order valence-electron chi connectivity index (χ3n) is 5.63. The number of amides is 2. The van der Waals surface area contributed by atoms with E-state index < -0.39 is 12.2 Å². The highest BCUT2D eigenvalue weighted by Crippen LogP contribution is 2.27. The van der Waals surface area contributed by atoms with E-state index in [1.807, 2.05) is 30.3 Å². The molecule has 1 aliphatic rings. The first kappa shape index (κ1) is 22.3. The molecule has 0 saturated carbocycles. The first-order valence-electron chi connectivity index (χ1n) is 10.8. The van der Waals surface area contributed by atoms with Crippen molar-refractivity contribution in [2.75, 3.05) is 25.6 Å². The largest absolute Gasteiger partial charge is 0.481 e. The Hall–Kier alpha value is -3.94. The van der Waals surface area contributed by atoms with Gasteiger partial charge in [0, 0.05) is 42.6 Å². The molecular formula is C25H26N4O4. The van der Waals surface area contributed by atoms with Gasteiger partial charge in [-0.1, -0.05) is 19.1 Å². The van der Waals surface area contributed by atoms with Gasteiger partial charge in [-0.2, -0.15) is 0 Å². The van der Waals surface area contributed by atoms with Crippen LogP contribution in [0, 0.1) is 0 Å². The number of hydrogen-bond acceptors (Lipinski definition) is 6. The molecule has 0 bridgehead atoms. The molecule has 170 valence electrons. The van der Waals surface area contributed by atoms with Crippen LogP contribution in [0.1, 0.15) is 24.5 Å². The average Bonchev–Trinajstić information content (AvgIpc) is 3.22. The minimum atomic E-state index is -0.456. The molecule has 1 atom stereocenters. The Bertz CT molecular complexity index is 1210. The summed E-state index contributed by atoms with van der Waals surface area (Å²) in [6, 6.07) is 13.2. The van der Waals surface area contributed by atoms with E-state index in [4.69, 9.17) is 9.47 Å². The molecule has 2 amide bonds. The van der Waals surface area contributed by atoms with Gasteiger partial charge in [-0.05, 0) is 42.3 Å². The van der Waals surface area contributed by atoms with Crippen LogP contribution in [0.5, 0.6) is 5.88 Å². The van der Waals surface area contributed by atoms with Crippen LogP contribution in [0.25, 0.3) is 17.1 Å². The number of benzene rings is 1.